The second-order valence-electron chi connectivity index (χ2n) is 6.67. The number of alkyl halides is 3. The highest BCUT2D eigenvalue weighted by molar-refractivity contribution is 5.94. The van der Waals surface area contributed by atoms with Gasteiger partial charge in [-0.05, 0) is 30.9 Å². The first kappa shape index (κ1) is 19.8. The number of piperidine rings is 1. The Kier molecular flexibility index (Phi) is 5.66. The van der Waals surface area contributed by atoms with E-state index in [1.807, 2.05) is 0 Å². The third-order valence-electron chi connectivity index (χ3n) is 4.60. The molecule has 3 rings (SSSR count). The molecule has 0 radical (unpaired) electrons. The lowest BCUT2D eigenvalue weighted by Crippen LogP contribution is -2.41. The highest BCUT2D eigenvalue weighted by Gasteiger charge is 2.38. The van der Waals surface area contributed by atoms with Crippen LogP contribution in [0.3, 0.4) is 0 Å². The monoisotopic (exact) mass is 396 g/mol. The van der Waals surface area contributed by atoms with Crippen LogP contribution in [-0.4, -0.2) is 46.5 Å². The molecule has 1 aromatic heterocycles. The van der Waals surface area contributed by atoms with Crippen molar-refractivity contribution in [3.05, 3.63) is 35.7 Å². The standard InChI is InChI=1S/C18H19F3N4O3/c1-11(26)22-10-12-6-8-25(9-7-12)16(27)14-4-2-13(3-5-14)15-23-17(28-24-15)18(19,20)21/h2-5,12H,6-10H2,1H3,(H,22,26). The Balaban J connectivity index is 1.60. The van der Waals surface area contributed by atoms with Crippen molar-refractivity contribution in [1.29, 1.82) is 0 Å². The van der Waals surface area contributed by atoms with E-state index in [1.54, 1.807) is 4.90 Å². The molecule has 0 unspecified atom stereocenters. The van der Waals surface area contributed by atoms with E-state index < -0.39 is 12.1 Å². The molecule has 2 aromatic rings. The van der Waals surface area contributed by atoms with E-state index in [0.717, 1.165) is 12.8 Å². The van der Waals surface area contributed by atoms with E-state index in [9.17, 15) is 22.8 Å². The maximum Gasteiger partial charge on any atom is 0.471 e. The minimum atomic E-state index is -4.70. The van der Waals surface area contributed by atoms with Crippen LogP contribution in [0.2, 0.25) is 0 Å². The third kappa shape index (κ3) is 4.68. The van der Waals surface area contributed by atoms with Gasteiger partial charge in [0.1, 0.15) is 0 Å². The fourth-order valence-electron chi connectivity index (χ4n) is 3.03. The van der Waals surface area contributed by atoms with E-state index in [-0.39, 0.29) is 17.6 Å². The summed E-state index contributed by atoms with van der Waals surface area (Å²) in [7, 11) is 0. The summed E-state index contributed by atoms with van der Waals surface area (Å²) >= 11 is 0. The van der Waals surface area contributed by atoms with Gasteiger partial charge in [0.15, 0.2) is 0 Å². The van der Waals surface area contributed by atoms with Crippen molar-refractivity contribution in [2.45, 2.75) is 25.9 Å². The molecule has 0 spiro atoms. The number of carbonyl (C=O) groups is 2. The van der Waals surface area contributed by atoms with E-state index in [1.165, 1.54) is 31.2 Å². The zero-order valence-electron chi connectivity index (χ0n) is 15.1. The van der Waals surface area contributed by atoms with E-state index >= 15 is 0 Å². The van der Waals surface area contributed by atoms with Crippen LogP contribution >= 0.6 is 0 Å². The van der Waals surface area contributed by atoms with Gasteiger partial charge in [-0.1, -0.05) is 17.3 Å². The van der Waals surface area contributed by atoms with Gasteiger partial charge in [0.25, 0.3) is 5.91 Å². The molecule has 1 aromatic carbocycles. The summed E-state index contributed by atoms with van der Waals surface area (Å²) in [5, 5.41) is 6.12. The molecule has 0 saturated carbocycles. The Morgan fingerprint density at radius 1 is 1.21 bits per heavy atom. The molecule has 1 aliphatic rings. The number of likely N-dealkylation sites (tertiary alicyclic amines) is 1. The number of aromatic nitrogens is 2. The summed E-state index contributed by atoms with van der Waals surface area (Å²) in [6, 6.07) is 6.04. The van der Waals surface area contributed by atoms with Gasteiger partial charge in [-0.3, -0.25) is 9.59 Å². The lowest BCUT2D eigenvalue weighted by atomic mass is 9.96. The Hall–Kier alpha value is -2.91. The second-order valence-corrected chi connectivity index (χ2v) is 6.67. The smallest absolute Gasteiger partial charge is 0.356 e. The number of nitrogens with one attached hydrogen (secondary N) is 1. The van der Waals surface area contributed by atoms with Crippen LogP contribution in [0.15, 0.2) is 28.8 Å². The SMILES string of the molecule is CC(=O)NCC1CCN(C(=O)c2ccc(-c3noc(C(F)(F)F)n3)cc2)CC1. The maximum absolute atomic E-state index is 12.6. The topological polar surface area (TPSA) is 88.3 Å². The van der Waals surface area contributed by atoms with Crippen LogP contribution in [0.1, 0.15) is 36.0 Å². The fourth-order valence-corrected chi connectivity index (χ4v) is 3.03. The van der Waals surface area contributed by atoms with Crippen LogP contribution in [0.5, 0.6) is 0 Å². The largest absolute Gasteiger partial charge is 0.471 e. The van der Waals surface area contributed by atoms with E-state index in [2.05, 4.69) is 20.0 Å². The van der Waals surface area contributed by atoms with E-state index in [0.29, 0.717) is 36.7 Å². The first-order valence-corrected chi connectivity index (χ1v) is 8.79. The molecule has 0 aliphatic carbocycles. The lowest BCUT2D eigenvalue weighted by Gasteiger charge is -2.32. The summed E-state index contributed by atoms with van der Waals surface area (Å²) in [5.41, 5.74) is 0.758. The molecule has 10 heteroatoms. The van der Waals surface area contributed by atoms with Gasteiger partial charge in [-0.15, -0.1) is 0 Å². The second kappa shape index (κ2) is 7.99. The molecule has 1 N–H and O–H groups in total. The molecule has 150 valence electrons. The zero-order chi connectivity index (χ0) is 20.3. The van der Waals surface area contributed by atoms with Crippen molar-refractivity contribution in [1.82, 2.24) is 20.4 Å². The zero-order valence-corrected chi connectivity index (χ0v) is 15.1. The predicted molar refractivity (Wildman–Crippen MR) is 92.0 cm³/mol. The normalized spacial score (nSPS) is 15.5. The van der Waals surface area contributed by atoms with E-state index in [4.69, 9.17) is 0 Å². The van der Waals surface area contributed by atoms with Crippen molar-refractivity contribution >= 4 is 11.8 Å². The number of hydrogen-bond acceptors (Lipinski definition) is 5. The molecule has 1 aliphatic heterocycles. The van der Waals surface area contributed by atoms with Gasteiger partial charge in [0, 0.05) is 37.7 Å². The maximum atomic E-state index is 12.6. The summed E-state index contributed by atoms with van der Waals surface area (Å²) in [6.45, 7) is 3.26. The molecule has 1 fully saturated rings. The summed E-state index contributed by atoms with van der Waals surface area (Å²) in [5.74, 6) is -1.47. The average molecular weight is 396 g/mol. The Bertz CT molecular complexity index is 841. The summed E-state index contributed by atoms with van der Waals surface area (Å²) < 4.78 is 41.8. The third-order valence-corrected chi connectivity index (χ3v) is 4.60. The van der Waals surface area contributed by atoms with Crippen molar-refractivity contribution < 1.29 is 27.3 Å². The first-order chi connectivity index (χ1) is 13.2. The number of rotatable bonds is 4. The van der Waals surface area contributed by atoms with Crippen molar-refractivity contribution in [3.63, 3.8) is 0 Å². The van der Waals surface area contributed by atoms with Gasteiger partial charge in [0.2, 0.25) is 11.7 Å². The molecular weight excluding hydrogens is 377 g/mol. The minimum absolute atomic E-state index is 0.0671. The quantitative estimate of drug-likeness (QED) is 0.859. The van der Waals surface area contributed by atoms with Gasteiger partial charge >= 0.3 is 12.1 Å². The van der Waals surface area contributed by atoms with Crippen molar-refractivity contribution in [2.75, 3.05) is 19.6 Å². The van der Waals surface area contributed by atoms with Crippen LogP contribution < -0.4 is 5.32 Å². The number of hydrogen-bond donors (Lipinski definition) is 1. The van der Waals surface area contributed by atoms with Crippen LogP contribution in [0.4, 0.5) is 13.2 Å². The molecule has 1 saturated heterocycles. The number of carbonyl (C=O) groups excluding carboxylic acids is 2. The summed E-state index contributed by atoms with van der Waals surface area (Å²) in [6.07, 6.45) is -3.10. The van der Waals surface area contributed by atoms with Gasteiger partial charge < -0.3 is 14.7 Å². The Morgan fingerprint density at radius 2 is 1.86 bits per heavy atom. The lowest BCUT2D eigenvalue weighted by molar-refractivity contribution is -0.159. The fraction of sp³-hybridized carbons (Fsp3) is 0.444. The number of benzene rings is 1. The molecule has 0 atom stereocenters. The molecular formula is C18H19F3N4O3. The van der Waals surface area contributed by atoms with Crippen LogP contribution in [-0.2, 0) is 11.0 Å². The Morgan fingerprint density at radius 3 is 2.39 bits per heavy atom. The highest BCUT2D eigenvalue weighted by Crippen LogP contribution is 2.29. The molecule has 7 nitrogen and oxygen atoms in total. The van der Waals surface area contributed by atoms with Gasteiger partial charge in [-0.2, -0.15) is 18.2 Å². The highest BCUT2D eigenvalue weighted by atomic mass is 19.4. The number of nitrogens with zero attached hydrogens (tertiary/aromatic N) is 3. The molecule has 2 heterocycles. The number of amides is 2. The van der Waals surface area contributed by atoms with Gasteiger partial charge in [0.05, 0.1) is 0 Å². The van der Waals surface area contributed by atoms with Gasteiger partial charge in [-0.25, -0.2) is 0 Å². The predicted octanol–water partition coefficient (Wildman–Crippen LogP) is 2.74. The molecule has 2 amide bonds. The van der Waals surface area contributed by atoms with Crippen LogP contribution in [0, 0.1) is 5.92 Å². The van der Waals surface area contributed by atoms with Crippen molar-refractivity contribution in [3.8, 4) is 11.4 Å². The first-order valence-electron chi connectivity index (χ1n) is 8.79. The summed E-state index contributed by atoms with van der Waals surface area (Å²) in [4.78, 5) is 28.6. The van der Waals surface area contributed by atoms with Crippen molar-refractivity contribution in [2.24, 2.45) is 5.92 Å². The van der Waals surface area contributed by atoms with Crippen LogP contribution in [0.25, 0.3) is 11.4 Å². The average Bonchev–Trinajstić information content (AvgIpc) is 3.17. The molecule has 28 heavy (non-hydrogen) atoms. The molecule has 0 bridgehead atoms. The Labute approximate surface area is 158 Å². The minimum Gasteiger partial charge on any atom is -0.356 e. The number of halogens is 3.